The lowest BCUT2D eigenvalue weighted by atomic mass is 10.3. The van der Waals surface area contributed by atoms with Crippen LogP contribution in [0, 0.1) is 0 Å². The van der Waals surface area contributed by atoms with Gasteiger partial charge in [-0.25, -0.2) is 19.7 Å². The predicted molar refractivity (Wildman–Crippen MR) is 82.9 cm³/mol. The fourth-order valence-electron chi connectivity index (χ4n) is 1.86. The first-order valence-electron chi connectivity index (χ1n) is 6.60. The molecular formula is C13H15Cl2N5O2. The highest BCUT2D eigenvalue weighted by Gasteiger charge is 2.20. The SMILES string of the molecule is CCOC(=O)c1nc(-c2nc(Cl)ncc2Cl)cn1C[C@H](C)N. The monoisotopic (exact) mass is 343 g/mol. The van der Waals surface area contributed by atoms with Crippen LogP contribution in [-0.4, -0.2) is 38.1 Å². The number of hydrogen-bond donors (Lipinski definition) is 1. The molecule has 0 aliphatic heterocycles. The van der Waals surface area contributed by atoms with Crippen LogP contribution >= 0.6 is 23.2 Å². The van der Waals surface area contributed by atoms with Gasteiger partial charge in [0, 0.05) is 18.8 Å². The molecule has 2 heterocycles. The van der Waals surface area contributed by atoms with Crippen molar-refractivity contribution in [2.45, 2.75) is 26.4 Å². The molecule has 1 atom stereocenters. The summed E-state index contributed by atoms with van der Waals surface area (Å²) in [6.07, 6.45) is 3.01. The van der Waals surface area contributed by atoms with Crippen LogP contribution in [0.4, 0.5) is 0 Å². The molecule has 0 spiro atoms. The number of halogens is 2. The number of hydrogen-bond acceptors (Lipinski definition) is 6. The summed E-state index contributed by atoms with van der Waals surface area (Å²) >= 11 is 11.8. The fraction of sp³-hybridized carbons (Fsp3) is 0.385. The number of rotatable bonds is 5. The number of carbonyl (C=O) groups excluding carboxylic acids is 1. The van der Waals surface area contributed by atoms with Gasteiger partial charge in [0.2, 0.25) is 11.1 Å². The van der Waals surface area contributed by atoms with E-state index in [2.05, 4.69) is 15.0 Å². The molecule has 118 valence electrons. The molecule has 0 aliphatic carbocycles. The van der Waals surface area contributed by atoms with Gasteiger partial charge in [0.25, 0.3) is 0 Å². The lowest BCUT2D eigenvalue weighted by Crippen LogP contribution is -2.24. The van der Waals surface area contributed by atoms with Gasteiger partial charge in [0.05, 0.1) is 17.8 Å². The summed E-state index contributed by atoms with van der Waals surface area (Å²) in [6.45, 7) is 4.19. The van der Waals surface area contributed by atoms with Gasteiger partial charge < -0.3 is 15.0 Å². The predicted octanol–water partition coefficient (Wildman–Crippen LogP) is 2.17. The van der Waals surface area contributed by atoms with Crippen LogP contribution in [0.1, 0.15) is 24.5 Å². The molecule has 2 N–H and O–H groups in total. The maximum Gasteiger partial charge on any atom is 0.374 e. The number of aromatic nitrogens is 4. The first-order valence-corrected chi connectivity index (χ1v) is 7.36. The van der Waals surface area contributed by atoms with Gasteiger partial charge >= 0.3 is 5.97 Å². The average molecular weight is 344 g/mol. The number of imidazole rings is 1. The number of nitrogens with two attached hydrogens (primary N) is 1. The van der Waals surface area contributed by atoms with Crippen LogP contribution in [0.5, 0.6) is 0 Å². The lowest BCUT2D eigenvalue weighted by molar-refractivity contribution is 0.0506. The van der Waals surface area contributed by atoms with E-state index in [0.717, 1.165) is 0 Å². The first kappa shape index (κ1) is 16.7. The van der Waals surface area contributed by atoms with Crippen LogP contribution in [0.3, 0.4) is 0 Å². The maximum absolute atomic E-state index is 12.0. The van der Waals surface area contributed by atoms with E-state index >= 15 is 0 Å². The second kappa shape index (κ2) is 7.04. The Labute approximate surface area is 137 Å². The van der Waals surface area contributed by atoms with E-state index in [-0.39, 0.29) is 28.8 Å². The Hall–Kier alpha value is -1.70. The molecule has 0 unspecified atom stereocenters. The zero-order chi connectivity index (χ0) is 16.3. The fourth-order valence-corrected chi connectivity index (χ4v) is 2.18. The van der Waals surface area contributed by atoms with E-state index in [9.17, 15) is 4.79 Å². The number of ether oxygens (including phenoxy) is 1. The molecule has 2 rings (SSSR count). The molecule has 2 aromatic rings. The third-order valence-electron chi connectivity index (χ3n) is 2.68. The number of carbonyl (C=O) groups is 1. The highest BCUT2D eigenvalue weighted by Crippen LogP contribution is 2.26. The molecule has 0 saturated carbocycles. The summed E-state index contributed by atoms with van der Waals surface area (Å²) in [5.41, 5.74) is 6.54. The van der Waals surface area contributed by atoms with E-state index in [0.29, 0.717) is 17.9 Å². The zero-order valence-electron chi connectivity index (χ0n) is 12.1. The Morgan fingerprint density at radius 1 is 1.45 bits per heavy atom. The highest BCUT2D eigenvalue weighted by molar-refractivity contribution is 6.33. The second-order valence-corrected chi connectivity index (χ2v) is 5.38. The van der Waals surface area contributed by atoms with Crippen LogP contribution in [0.25, 0.3) is 11.4 Å². The molecule has 7 nitrogen and oxygen atoms in total. The van der Waals surface area contributed by atoms with E-state index < -0.39 is 5.97 Å². The second-order valence-electron chi connectivity index (χ2n) is 4.64. The highest BCUT2D eigenvalue weighted by atomic mass is 35.5. The van der Waals surface area contributed by atoms with Crippen molar-refractivity contribution >= 4 is 29.2 Å². The van der Waals surface area contributed by atoms with Crippen molar-refractivity contribution < 1.29 is 9.53 Å². The maximum atomic E-state index is 12.0. The Bertz CT molecular complexity index is 687. The molecule has 0 aliphatic rings. The minimum absolute atomic E-state index is 0.0406. The summed E-state index contributed by atoms with van der Waals surface area (Å²) < 4.78 is 6.61. The van der Waals surface area contributed by atoms with E-state index in [1.54, 1.807) is 17.7 Å². The largest absolute Gasteiger partial charge is 0.460 e. The van der Waals surface area contributed by atoms with Crippen molar-refractivity contribution in [1.29, 1.82) is 0 Å². The van der Waals surface area contributed by atoms with E-state index in [1.165, 1.54) is 6.20 Å². The van der Waals surface area contributed by atoms with Gasteiger partial charge in [-0.2, -0.15) is 0 Å². The Balaban J connectivity index is 2.49. The van der Waals surface area contributed by atoms with Crippen molar-refractivity contribution in [2.75, 3.05) is 6.61 Å². The Kier molecular flexibility index (Phi) is 5.33. The van der Waals surface area contributed by atoms with Crippen LogP contribution in [0.2, 0.25) is 10.3 Å². The zero-order valence-corrected chi connectivity index (χ0v) is 13.6. The summed E-state index contributed by atoms with van der Waals surface area (Å²) in [4.78, 5) is 24.1. The normalized spacial score (nSPS) is 12.2. The summed E-state index contributed by atoms with van der Waals surface area (Å²) in [5, 5.41) is 0.323. The van der Waals surface area contributed by atoms with Crippen LogP contribution < -0.4 is 5.73 Å². The van der Waals surface area contributed by atoms with Crippen LogP contribution in [-0.2, 0) is 11.3 Å². The van der Waals surface area contributed by atoms with E-state index in [4.69, 9.17) is 33.7 Å². The minimum Gasteiger partial charge on any atom is -0.460 e. The third-order valence-corrected chi connectivity index (χ3v) is 3.14. The molecule has 22 heavy (non-hydrogen) atoms. The number of esters is 1. The smallest absolute Gasteiger partial charge is 0.374 e. The molecule has 0 aromatic carbocycles. The average Bonchev–Trinajstić information content (AvgIpc) is 2.84. The summed E-state index contributed by atoms with van der Waals surface area (Å²) in [6, 6.07) is -0.167. The van der Waals surface area contributed by atoms with Gasteiger partial charge in [-0.3, -0.25) is 0 Å². The van der Waals surface area contributed by atoms with Crippen molar-refractivity contribution in [3.05, 3.63) is 28.5 Å². The standard InChI is InChI=1S/C13H15Cl2N5O2/c1-3-22-12(21)11-18-9(6-20(11)5-7(2)16)10-8(14)4-17-13(15)19-10/h4,6-7H,3,5,16H2,1-2H3/t7-/m0/s1. The van der Waals surface area contributed by atoms with Gasteiger partial charge in [-0.1, -0.05) is 11.6 Å². The van der Waals surface area contributed by atoms with Gasteiger partial charge in [0.1, 0.15) is 11.4 Å². The topological polar surface area (TPSA) is 95.9 Å². The van der Waals surface area contributed by atoms with Crippen molar-refractivity contribution in [3.8, 4) is 11.4 Å². The first-order chi connectivity index (χ1) is 10.4. The van der Waals surface area contributed by atoms with Gasteiger partial charge in [-0.15, -0.1) is 0 Å². The lowest BCUT2D eigenvalue weighted by Gasteiger charge is -2.09. The number of nitrogens with zero attached hydrogens (tertiary/aromatic N) is 4. The minimum atomic E-state index is -0.536. The Morgan fingerprint density at radius 2 is 2.18 bits per heavy atom. The molecule has 0 radical (unpaired) electrons. The quantitative estimate of drug-likeness (QED) is 0.660. The molecule has 0 saturated heterocycles. The van der Waals surface area contributed by atoms with E-state index in [1.807, 2.05) is 6.92 Å². The molecule has 9 heteroatoms. The molecule has 0 amide bonds. The molecule has 2 aromatic heterocycles. The molecule has 0 fully saturated rings. The third kappa shape index (κ3) is 3.73. The molecular weight excluding hydrogens is 329 g/mol. The van der Waals surface area contributed by atoms with Gasteiger partial charge in [-0.05, 0) is 25.4 Å². The van der Waals surface area contributed by atoms with Crippen molar-refractivity contribution in [1.82, 2.24) is 19.5 Å². The van der Waals surface area contributed by atoms with Crippen LogP contribution in [0.15, 0.2) is 12.4 Å². The molecule has 0 bridgehead atoms. The van der Waals surface area contributed by atoms with Crippen molar-refractivity contribution in [3.63, 3.8) is 0 Å². The van der Waals surface area contributed by atoms with Gasteiger partial charge in [0.15, 0.2) is 0 Å². The Morgan fingerprint density at radius 3 is 2.82 bits per heavy atom. The summed E-state index contributed by atoms with van der Waals surface area (Å²) in [5.74, 6) is -0.398. The summed E-state index contributed by atoms with van der Waals surface area (Å²) in [7, 11) is 0. The van der Waals surface area contributed by atoms with Crippen molar-refractivity contribution in [2.24, 2.45) is 5.73 Å².